The third-order valence-corrected chi connectivity index (χ3v) is 4.39. The van der Waals surface area contributed by atoms with Gasteiger partial charge in [0.1, 0.15) is 0 Å². The molecule has 0 aromatic heterocycles. The number of alkyl halides is 3. The van der Waals surface area contributed by atoms with Gasteiger partial charge in [0, 0.05) is 24.5 Å². The first-order valence-electron chi connectivity index (χ1n) is 9.07. The number of nitrogens with one attached hydrogen (secondary N) is 3. The molecule has 1 fully saturated rings. The molecule has 0 saturated carbocycles. The van der Waals surface area contributed by atoms with Gasteiger partial charge in [-0.15, -0.1) is 0 Å². The van der Waals surface area contributed by atoms with Crippen LogP contribution in [0.2, 0.25) is 0 Å². The molecule has 2 aromatic carbocycles. The van der Waals surface area contributed by atoms with Crippen LogP contribution in [0.1, 0.15) is 28.8 Å². The smallest absolute Gasteiger partial charge is 0.376 e. The molecule has 154 valence electrons. The third kappa shape index (κ3) is 5.71. The summed E-state index contributed by atoms with van der Waals surface area (Å²) in [5.41, 5.74) is -0.685. The first-order chi connectivity index (χ1) is 13.8. The normalized spacial score (nSPS) is 16.3. The monoisotopic (exact) mass is 407 g/mol. The van der Waals surface area contributed by atoms with Gasteiger partial charge in [-0.05, 0) is 49.2 Å². The average molecular weight is 407 g/mol. The van der Waals surface area contributed by atoms with Crippen LogP contribution >= 0.6 is 0 Å². The molecule has 0 aliphatic carbocycles. The van der Waals surface area contributed by atoms with Gasteiger partial charge in [-0.25, -0.2) is 4.79 Å². The molecule has 0 spiro atoms. The Morgan fingerprint density at radius 1 is 1.00 bits per heavy atom. The quantitative estimate of drug-likeness (QED) is 0.693. The topological polar surface area (TPSA) is 79.5 Å². The highest BCUT2D eigenvalue weighted by Crippen LogP contribution is 2.32. The SMILES string of the molecule is O=C(NCC1CCCO1)Nc1ccc(NC(=O)c2ccccc2C(F)(F)F)cc1. The minimum absolute atomic E-state index is 0.0258. The maximum Gasteiger partial charge on any atom is 0.417 e. The summed E-state index contributed by atoms with van der Waals surface area (Å²) in [5.74, 6) is -0.868. The Balaban J connectivity index is 1.56. The highest BCUT2D eigenvalue weighted by atomic mass is 19.4. The molecule has 29 heavy (non-hydrogen) atoms. The first kappa shape index (κ1) is 20.7. The van der Waals surface area contributed by atoms with Crippen LogP contribution in [-0.4, -0.2) is 31.2 Å². The predicted molar refractivity (Wildman–Crippen MR) is 102 cm³/mol. The fourth-order valence-electron chi connectivity index (χ4n) is 2.95. The zero-order valence-electron chi connectivity index (χ0n) is 15.4. The molecule has 6 nitrogen and oxygen atoms in total. The minimum atomic E-state index is -4.63. The van der Waals surface area contributed by atoms with Gasteiger partial charge in [0.15, 0.2) is 0 Å². The van der Waals surface area contributed by atoms with Gasteiger partial charge in [0.05, 0.1) is 17.2 Å². The number of carbonyl (C=O) groups is 2. The summed E-state index contributed by atoms with van der Waals surface area (Å²) in [6.45, 7) is 1.12. The summed E-state index contributed by atoms with van der Waals surface area (Å²) in [6.07, 6.45) is -2.71. The molecule has 0 radical (unpaired) electrons. The standard InChI is InChI=1S/C20H20F3N3O3/c21-20(22,23)17-6-2-1-5-16(17)18(27)25-13-7-9-14(10-8-13)26-19(28)24-12-15-4-3-11-29-15/h1-2,5-10,15H,3-4,11-12H2,(H,25,27)(H2,24,26,28). The van der Waals surface area contributed by atoms with Gasteiger partial charge >= 0.3 is 12.2 Å². The predicted octanol–water partition coefficient (Wildman–Crippen LogP) is 4.26. The molecule has 2 aromatic rings. The van der Waals surface area contributed by atoms with Crippen molar-refractivity contribution in [2.75, 3.05) is 23.8 Å². The van der Waals surface area contributed by atoms with Crippen LogP contribution in [0.25, 0.3) is 0 Å². The highest BCUT2D eigenvalue weighted by molar-refractivity contribution is 6.05. The third-order valence-electron chi connectivity index (χ3n) is 4.39. The molecular formula is C20H20F3N3O3. The van der Waals surface area contributed by atoms with Crippen LogP contribution < -0.4 is 16.0 Å². The molecule has 1 unspecified atom stereocenters. The zero-order chi connectivity index (χ0) is 20.9. The molecule has 1 aliphatic rings. The van der Waals surface area contributed by atoms with Crippen LogP contribution in [0.5, 0.6) is 0 Å². The van der Waals surface area contributed by atoms with E-state index < -0.39 is 29.2 Å². The molecule has 9 heteroatoms. The Bertz CT molecular complexity index is 863. The Hall–Kier alpha value is -3.07. The maximum absolute atomic E-state index is 13.0. The van der Waals surface area contributed by atoms with Gasteiger partial charge in [-0.2, -0.15) is 13.2 Å². The number of hydrogen-bond acceptors (Lipinski definition) is 3. The van der Waals surface area contributed by atoms with Gasteiger partial charge in [-0.3, -0.25) is 4.79 Å². The molecule has 1 saturated heterocycles. The molecular weight excluding hydrogens is 387 g/mol. The van der Waals surface area contributed by atoms with Crippen LogP contribution in [-0.2, 0) is 10.9 Å². The molecule has 3 rings (SSSR count). The number of benzene rings is 2. The Morgan fingerprint density at radius 3 is 2.28 bits per heavy atom. The van der Waals surface area contributed by atoms with Gasteiger partial charge in [0.25, 0.3) is 5.91 Å². The average Bonchev–Trinajstić information content (AvgIpc) is 3.21. The fraction of sp³-hybridized carbons (Fsp3) is 0.300. The second-order valence-electron chi connectivity index (χ2n) is 6.54. The second kappa shape index (κ2) is 8.95. The van der Waals surface area contributed by atoms with Crippen LogP contribution in [0.15, 0.2) is 48.5 Å². The number of halogens is 3. The Morgan fingerprint density at radius 2 is 1.66 bits per heavy atom. The van der Waals surface area contributed by atoms with E-state index in [1.165, 1.54) is 36.4 Å². The van der Waals surface area contributed by atoms with Gasteiger partial charge < -0.3 is 20.7 Å². The van der Waals surface area contributed by atoms with Crippen molar-refractivity contribution in [3.05, 3.63) is 59.7 Å². The number of rotatable bonds is 5. The molecule has 1 heterocycles. The minimum Gasteiger partial charge on any atom is -0.376 e. The van der Waals surface area contributed by atoms with E-state index in [2.05, 4.69) is 16.0 Å². The van der Waals surface area contributed by atoms with E-state index in [0.717, 1.165) is 25.0 Å². The largest absolute Gasteiger partial charge is 0.417 e. The summed E-state index contributed by atoms with van der Waals surface area (Å²) in [4.78, 5) is 24.1. The number of hydrogen-bond donors (Lipinski definition) is 3. The molecule has 3 amide bonds. The van der Waals surface area contributed by atoms with E-state index in [1.54, 1.807) is 0 Å². The van der Waals surface area contributed by atoms with Crippen molar-refractivity contribution in [2.24, 2.45) is 0 Å². The lowest BCUT2D eigenvalue weighted by Gasteiger charge is -2.13. The van der Waals surface area contributed by atoms with Crippen molar-refractivity contribution >= 4 is 23.3 Å². The van der Waals surface area contributed by atoms with Crippen molar-refractivity contribution in [3.8, 4) is 0 Å². The lowest BCUT2D eigenvalue weighted by atomic mass is 10.1. The van der Waals surface area contributed by atoms with Crippen molar-refractivity contribution in [3.63, 3.8) is 0 Å². The number of urea groups is 1. The van der Waals surface area contributed by atoms with Crippen molar-refractivity contribution in [1.82, 2.24) is 5.32 Å². The second-order valence-corrected chi connectivity index (χ2v) is 6.54. The number of carbonyl (C=O) groups excluding carboxylic acids is 2. The van der Waals surface area contributed by atoms with Crippen LogP contribution in [0.4, 0.5) is 29.3 Å². The molecule has 1 atom stereocenters. The van der Waals surface area contributed by atoms with Crippen molar-refractivity contribution in [2.45, 2.75) is 25.1 Å². The number of anilines is 2. The summed E-state index contributed by atoms with van der Waals surface area (Å²) in [5, 5.41) is 7.78. The molecule has 3 N–H and O–H groups in total. The van der Waals surface area contributed by atoms with Crippen molar-refractivity contribution in [1.29, 1.82) is 0 Å². The molecule has 1 aliphatic heterocycles. The van der Waals surface area contributed by atoms with E-state index in [9.17, 15) is 22.8 Å². The summed E-state index contributed by atoms with van der Waals surface area (Å²) < 4.78 is 44.6. The molecule has 0 bridgehead atoms. The first-order valence-corrected chi connectivity index (χ1v) is 9.07. The van der Waals surface area contributed by atoms with E-state index in [-0.39, 0.29) is 6.10 Å². The summed E-state index contributed by atoms with van der Waals surface area (Å²) in [6, 6.07) is 10.2. The lowest BCUT2D eigenvalue weighted by Crippen LogP contribution is -2.35. The summed E-state index contributed by atoms with van der Waals surface area (Å²) in [7, 11) is 0. The lowest BCUT2D eigenvalue weighted by molar-refractivity contribution is -0.137. The van der Waals surface area contributed by atoms with Crippen LogP contribution in [0, 0.1) is 0 Å². The van der Waals surface area contributed by atoms with Crippen LogP contribution in [0.3, 0.4) is 0 Å². The van der Waals surface area contributed by atoms with E-state index >= 15 is 0 Å². The Kier molecular flexibility index (Phi) is 6.38. The Labute approximate surface area is 165 Å². The number of amides is 3. The zero-order valence-corrected chi connectivity index (χ0v) is 15.4. The fourth-order valence-corrected chi connectivity index (χ4v) is 2.95. The number of ether oxygens (including phenoxy) is 1. The van der Waals surface area contributed by atoms with E-state index in [1.807, 2.05) is 0 Å². The van der Waals surface area contributed by atoms with Gasteiger partial charge in [-0.1, -0.05) is 12.1 Å². The highest BCUT2D eigenvalue weighted by Gasteiger charge is 2.34. The van der Waals surface area contributed by atoms with E-state index in [0.29, 0.717) is 24.5 Å². The van der Waals surface area contributed by atoms with Crippen molar-refractivity contribution < 1.29 is 27.5 Å². The maximum atomic E-state index is 13.0. The van der Waals surface area contributed by atoms with Gasteiger partial charge in [0.2, 0.25) is 0 Å². The van der Waals surface area contributed by atoms with E-state index in [4.69, 9.17) is 4.74 Å². The summed E-state index contributed by atoms with van der Waals surface area (Å²) >= 11 is 0.